The maximum Gasteiger partial charge on any atom is 0.518 e. The second-order valence-electron chi connectivity index (χ2n) is 8.25. The molecule has 3 atom stereocenters. The smallest absolute Gasteiger partial charge is 0.387 e. The van der Waals surface area contributed by atoms with Crippen molar-refractivity contribution in [1.82, 2.24) is 4.98 Å². The van der Waals surface area contributed by atoms with E-state index in [9.17, 15) is 18.9 Å². The predicted molar refractivity (Wildman–Crippen MR) is 132 cm³/mol. The third-order valence-electron chi connectivity index (χ3n) is 5.55. The van der Waals surface area contributed by atoms with Crippen molar-refractivity contribution in [2.75, 3.05) is 7.11 Å². The van der Waals surface area contributed by atoms with Gasteiger partial charge in [0.1, 0.15) is 23.7 Å². The lowest BCUT2D eigenvalue weighted by Crippen LogP contribution is -2.24. The third-order valence-corrected chi connectivity index (χ3v) is 6.96. The minimum Gasteiger partial charge on any atom is -0.387 e. The van der Waals surface area contributed by atoms with E-state index in [0.29, 0.717) is 11.3 Å². The van der Waals surface area contributed by atoms with Crippen LogP contribution >= 0.6 is 8.03 Å². The van der Waals surface area contributed by atoms with Gasteiger partial charge in [-0.3, -0.25) is 4.79 Å². The van der Waals surface area contributed by atoms with Crippen LogP contribution in [-0.2, 0) is 18.6 Å². The number of nitrogens with zero attached hydrogens (tertiary/aromatic N) is 1. The zero-order valence-electron chi connectivity index (χ0n) is 19.9. The van der Waals surface area contributed by atoms with Crippen LogP contribution < -0.4 is 0 Å². The fourth-order valence-electron chi connectivity index (χ4n) is 3.96. The Bertz CT molecular complexity index is 1290. The fraction of sp³-hybridized carbons (Fsp3) is 0.259. The Labute approximate surface area is 209 Å². The van der Waals surface area contributed by atoms with E-state index in [2.05, 4.69) is 9.72 Å². The summed E-state index contributed by atoms with van der Waals surface area (Å²) in [5.41, 5.74) is -0.162. The number of pyridine rings is 1. The standard InChI is InChI=1S/C27H25F2NO5P/c1-5-35-21(32)15-20(31)27(36(33)34-4)23-22(17-11-13-19(28)14-12-17)24(29)26(30-25(23)16(2)3)18-9-7-6-8-10-18/h1,6-14,16,20,27,31H,15H2,2-4H3/q+1. The van der Waals surface area contributed by atoms with Crippen LogP contribution in [0.3, 0.4) is 0 Å². The maximum absolute atomic E-state index is 16.3. The van der Waals surface area contributed by atoms with Gasteiger partial charge in [0.2, 0.25) is 5.66 Å². The molecule has 6 nitrogen and oxygen atoms in total. The normalized spacial score (nSPS) is 13.1. The number of aromatic nitrogens is 1. The van der Waals surface area contributed by atoms with Crippen LogP contribution in [0.25, 0.3) is 22.4 Å². The summed E-state index contributed by atoms with van der Waals surface area (Å²) in [4.78, 5) is 16.6. The van der Waals surface area contributed by atoms with Gasteiger partial charge in [-0.1, -0.05) is 62.7 Å². The minimum atomic E-state index is -2.67. The molecule has 0 aliphatic heterocycles. The minimum absolute atomic E-state index is 0.0256. The summed E-state index contributed by atoms with van der Waals surface area (Å²) in [6.45, 7) is 3.62. The van der Waals surface area contributed by atoms with Crippen LogP contribution in [0, 0.1) is 24.2 Å². The average molecular weight is 512 g/mol. The molecule has 9 heteroatoms. The summed E-state index contributed by atoms with van der Waals surface area (Å²) >= 11 is 0. The number of ether oxygens (including phenoxy) is 1. The van der Waals surface area contributed by atoms with Crippen molar-refractivity contribution in [3.63, 3.8) is 0 Å². The Morgan fingerprint density at radius 3 is 2.31 bits per heavy atom. The van der Waals surface area contributed by atoms with Gasteiger partial charge in [-0.25, -0.2) is 13.8 Å². The Morgan fingerprint density at radius 1 is 1.11 bits per heavy atom. The van der Waals surface area contributed by atoms with Gasteiger partial charge in [0.05, 0.1) is 19.2 Å². The molecule has 1 aromatic heterocycles. The van der Waals surface area contributed by atoms with Crippen LogP contribution in [0.5, 0.6) is 0 Å². The monoisotopic (exact) mass is 512 g/mol. The lowest BCUT2D eigenvalue weighted by molar-refractivity contribution is -0.139. The van der Waals surface area contributed by atoms with Crippen molar-refractivity contribution in [3.05, 3.63) is 77.5 Å². The van der Waals surface area contributed by atoms with Gasteiger partial charge in [0, 0.05) is 16.7 Å². The third kappa shape index (κ3) is 5.83. The highest BCUT2D eigenvalue weighted by atomic mass is 31.1. The highest BCUT2D eigenvalue weighted by molar-refractivity contribution is 7.39. The molecule has 1 N–H and O–H groups in total. The maximum atomic E-state index is 16.3. The fourth-order valence-corrected chi connectivity index (χ4v) is 5.05. The van der Waals surface area contributed by atoms with Gasteiger partial charge in [-0.05, 0) is 28.2 Å². The summed E-state index contributed by atoms with van der Waals surface area (Å²) in [7, 11) is -1.49. The number of benzene rings is 2. The van der Waals surface area contributed by atoms with Crippen LogP contribution in [0.2, 0.25) is 0 Å². The Hall–Kier alpha value is -3.50. The number of hydrogen-bond acceptors (Lipinski definition) is 6. The highest BCUT2D eigenvalue weighted by Crippen LogP contribution is 2.51. The summed E-state index contributed by atoms with van der Waals surface area (Å²) in [5, 5.41) is 11.0. The van der Waals surface area contributed by atoms with E-state index < -0.39 is 43.8 Å². The number of halogens is 2. The molecule has 0 fully saturated rings. The van der Waals surface area contributed by atoms with E-state index in [1.807, 2.05) is 13.8 Å². The molecule has 1 heterocycles. The van der Waals surface area contributed by atoms with Gasteiger partial charge in [-0.15, -0.1) is 4.52 Å². The molecule has 0 saturated heterocycles. The number of rotatable bonds is 9. The summed E-state index contributed by atoms with van der Waals surface area (Å²) in [6.07, 6.45) is 4.49. The van der Waals surface area contributed by atoms with Crippen molar-refractivity contribution >= 4 is 14.0 Å². The molecule has 186 valence electrons. The van der Waals surface area contributed by atoms with Crippen LogP contribution in [0.4, 0.5) is 8.78 Å². The SMILES string of the molecule is C#COC(=O)CC(O)C(c1c(C(C)C)nc(-c2ccccc2)c(F)c1-c1ccc(F)cc1)[P+](=O)OC. The number of hydrogen-bond donors (Lipinski definition) is 1. The first-order valence-corrected chi connectivity index (χ1v) is 12.3. The first-order valence-electron chi connectivity index (χ1n) is 11.1. The molecule has 0 aliphatic carbocycles. The average Bonchev–Trinajstić information content (AvgIpc) is 2.85. The number of carbonyl (C=O) groups is 1. The van der Waals surface area contributed by atoms with Crippen molar-refractivity contribution in [2.24, 2.45) is 0 Å². The van der Waals surface area contributed by atoms with E-state index in [0.717, 1.165) is 0 Å². The van der Waals surface area contributed by atoms with E-state index in [-0.39, 0.29) is 28.3 Å². The quantitative estimate of drug-likeness (QED) is 0.211. The van der Waals surface area contributed by atoms with E-state index in [1.54, 1.807) is 36.4 Å². The van der Waals surface area contributed by atoms with Gasteiger partial charge < -0.3 is 9.84 Å². The molecule has 3 aromatic rings. The van der Waals surface area contributed by atoms with Crippen LogP contribution in [0.15, 0.2) is 54.6 Å². The molecule has 0 radical (unpaired) electrons. The van der Waals surface area contributed by atoms with Crippen LogP contribution in [-0.4, -0.2) is 29.3 Å². The summed E-state index contributed by atoms with van der Waals surface area (Å²) in [6, 6.07) is 13.8. The van der Waals surface area contributed by atoms with E-state index >= 15 is 4.39 Å². The highest BCUT2D eigenvalue weighted by Gasteiger charge is 2.46. The van der Waals surface area contributed by atoms with Gasteiger partial charge in [-0.2, -0.15) is 0 Å². The molecule has 0 amide bonds. The molecular weight excluding hydrogens is 487 g/mol. The molecule has 3 unspecified atom stereocenters. The first kappa shape index (κ1) is 27.1. The van der Waals surface area contributed by atoms with Gasteiger partial charge >= 0.3 is 14.0 Å². The lowest BCUT2D eigenvalue weighted by atomic mass is 9.88. The first-order chi connectivity index (χ1) is 17.2. The number of aliphatic hydroxyl groups excluding tert-OH is 1. The summed E-state index contributed by atoms with van der Waals surface area (Å²) in [5.74, 6) is -2.54. The molecule has 0 bridgehead atoms. The second kappa shape index (κ2) is 12.0. The number of terminal acetylenes is 1. The molecule has 3 rings (SSSR count). The Morgan fingerprint density at radius 2 is 1.75 bits per heavy atom. The van der Waals surface area contributed by atoms with Gasteiger partial charge in [0.25, 0.3) is 0 Å². The zero-order valence-corrected chi connectivity index (χ0v) is 20.8. The number of carbonyl (C=O) groups excluding carboxylic acids is 1. The van der Waals surface area contributed by atoms with Gasteiger partial charge in [0.15, 0.2) is 5.82 Å². The van der Waals surface area contributed by atoms with Crippen molar-refractivity contribution in [3.8, 4) is 34.9 Å². The Balaban J connectivity index is 2.40. The molecule has 0 saturated carbocycles. The largest absolute Gasteiger partial charge is 0.518 e. The summed E-state index contributed by atoms with van der Waals surface area (Å²) < 4.78 is 52.8. The topological polar surface area (TPSA) is 85.7 Å². The molecule has 0 spiro atoms. The second-order valence-corrected chi connectivity index (χ2v) is 9.74. The van der Waals surface area contributed by atoms with Crippen molar-refractivity contribution in [2.45, 2.75) is 37.9 Å². The molecular formula is C27H25F2NO5P+. The van der Waals surface area contributed by atoms with E-state index in [1.165, 1.54) is 31.4 Å². The number of esters is 1. The molecule has 2 aromatic carbocycles. The molecule has 36 heavy (non-hydrogen) atoms. The van der Waals surface area contributed by atoms with E-state index in [4.69, 9.17) is 10.9 Å². The van der Waals surface area contributed by atoms with Crippen molar-refractivity contribution in [1.29, 1.82) is 0 Å². The predicted octanol–water partition coefficient (Wildman–Crippen LogP) is 6.13. The van der Waals surface area contributed by atoms with Crippen molar-refractivity contribution < 1.29 is 32.5 Å². The Kier molecular flexibility index (Phi) is 9.00. The van der Waals surface area contributed by atoms with Crippen LogP contribution in [0.1, 0.15) is 43.1 Å². The molecule has 0 aliphatic rings. The lowest BCUT2D eigenvalue weighted by Gasteiger charge is -2.23. The number of aliphatic hydroxyl groups is 1. The zero-order chi connectivity index (χ0) is 26.4.